The van der Waals surface area contributed by atoms with E-state index in [2.05, 4.69) is 16.4 Å². The standard InChI is InChI=1S/C16H22N6O3/c17-7-14-2-1-5-21(14)16(23)8-18-13-4-3-12(6-13)9-20-10-15(19-11-20)22(24)25/h10-14,18H,1-6,8-9H2/t12-,13-,14+/m1/s1. The second-order valence-corrected chi connectivity index (χ2v) is 6.82. The maximum absolute atomic E-state index is 12.2. The number of carbonyl (C=O) groups excluding carboxylic acids is 1. The molecular weight excluding hydrogens is 324 g/mol. The average Bonchev–Trinajstić information content (AvgIpc) is 3.33. The molecule has 1 amide bonds. The van der Waals surface area contributed by atoms with Gasteiger partial charge in [-0.15, -0.1) is 0 Å². The van der Waals surface area contributed by atoms with Gasteiger partial charge < -0.3 is 24.9 Å². The molecule has 2 aliphatic rings. The molecule has 1 N–H and O–H groups in total. The van der Waals surface area contributed by atoms with E-state index in [-0.39, 0.29) is 30.4 Å². The first-order valence-electron chi connectivity index (χ1n) is 8.65. The monoisotopic (exact) mass is 346 g/mol. The second kappa shape index (κ2) is 7.61. The Morgan fingerprint density at radius 1 is 1.48 bits per heavy atom. The molecule has 0 bridgehead atoms. The molecule has 25 heavy (non-hydrogen) atoms. The highest BCUT2D eigenvalue weighted by Crippen LogP contribution is 2.27. The van der Waals surface area contributed by atoms with Gasteiger partial charge >= 0.3 is 5.82 Å². The fourth-order valence-electron chi connectivity index (χ4n) is 3.80. The Hall–Kier alpha value is -2.47. The van der Waals surface area contributed by atoms with Crippen LogP contribution in [0.1, 0.15) is 32.1 Å². The van der Waals surface area contributed by atoms with Gasteiger partial charge in [0.25, 0.3) is 0 Å². The number of hydrogen-bond donors (Lipinski definition) is 1. The van der Waals surface area contributed by atoms with Gasteiger partial charge in [-0.05, 0) is 47.9 Å². The molecule has 9 nitrogen and oxygen atoms in total. The number of nitrogens with zero attached hydrogens (tertiary/aromatic N) is 5. The maximum atomic E-state index is 12.2. The molecule has 3 atom stereocenters. The molecule has 2 fully saturated rings. The minimum absolute atomic E-state index is 0.00210. The summed E-state index contributed by atoms with van der Waals surface area (Å²) in [7, 11) is 0. The van der Waals surface area contributed by atoms with E-state index in [0.29, 0.717) is 19.0 Å². The zero-order valence-corrected chi connectivity index (χ0v) is 14.0. The van der Waals surface area contributed by atoms with Crippen molar-refractivity contribution in [2.75, 3.05) is 13.1 Å². The molecule has 1 aromatic heterocycles. The number of nitriles is 1. The number of hydrogen-bond acceptors (Lipinski definition) is 6. The third-order valence-electron chi connectivity index (χ3n) is 5.08. The molecular formula is C16H22N6O3. The largest absolute Gasteiger partial charge is 0.381 e. The summed E-state index contributed by atoms with van der Waals surface area (Å²) < 4.78 is 1.76. The summed E-state index contributed by atoms with van der Waals surface area (Å²) in [6.45, 7) is 1.65. The van der Waals surface area contributed by atoms with Crippen molar-refractivity contribution in [3.05, 3.63) is 22.6 Å². The molecule has 1 aliphatic heterocycles. The second-order valence-electron chi connectivity index (χ2n) is 6.82. The molecule has 0 unspecified atom stereocenters. The number of likely N-dealkylation sites (tertiary alicyclic amines) is 1. The molecule has 134 valence electrons. The minimum Gasteiger partial charge on any atom is -0.358 e. The third kappa shape index (κ3) is 4.14. The maximum Gasteiger partial charge on any atom is 0.381 e. The molecule has 0 spiro atoms. The van der Waals surface area contributed by atoms with Gasteiger partial charge in [0.05, 0.1) is 12.6 Å². The van der Waals surface area contributed by atoms with Crippen molar-refractivity contribution in [3.63, 3.8) is 0 Å². The number of aromatic nitrogens is 2. The van der Waals surface area contributed by atoms with Gasteiger partial charge in [0.15, 0.2) is 0 Å². The first kappa shape index (κ1) is 17.4. The number of imidazole rings is 1. The van der Waals surface area contributed by atoms with E-state index in [1.54, 1.807) is 9.47 Å². The zero-order valence-electron chi connectivity index (χ0n) is 14.0. The van der Waals surface area contributed by atoms with Crippen LogP contribution in [0.2, 0.25) is 0 Å². The number of amides is 1. The molecule has 9 heteroatoms. The van der Waals surface area contributed by atoms with Crippen molar-refractivity contribution in [1.82, 2.24) is 19.8 Å². The summed E-state index contributed by atoms with van der Waals surface area (Å²) in [5.41, 5.74) is 0. The lowest BCUT2D eigenvalue weighted by Crippen LogP contribution is -2.42. The van der Waals surface area contributed by atoms with Crippen molar-refractivity contribution in [2.45, 2.75) is 50.7 Å². The van der Waals surface area contributed by atoms with Gasteiger partial charge in [0.1, 0.15) is 12.2 Å². The number of nitro groups is 1. The van der Waals surface area contributed by atoms with Crippen LogP contribution in [0.25, 0.3) is 0 Å². The van der Waals surface area contributed by atoms with Crippen molar-refractivity contribution >= 4 is 11.7 Å². The predicted octanol–water partition coefficient (Wildman–Crippen LogP) is 1.06. The van der Waals surface area contributed by atoms with Crippen molar-refractivity contribution in [2.24, 2.45) is 5.92 Å². The molecule has 0 radical (unpaired) electrons. The summed E-state index contributed by atoms with van der Waals surface area (Å²) >= 11 is 0. The lowest BCUT2D eigenvalue weighted by molar-refractivity contribution is -0.389. The number of nitrogens with one attached hydrogen (secondary N) is 1. The highest BCUT2D eigenvalue weighted by Gasteiger charge is 2.30. The molecule has 1 saturated carbocycles. The van der Waals surface area contributed by atoms with Crippen LogP contribution in [-0.4, -0.2) is 50.5 Å². The fraction of sp³-hybridized carbons (Fsp3) is 0.688. The molecule has 2 heterocycles. The lowest BCUT2D eigenvalue weighted by Gasteiger charge is -2.21. The van der Waals surface area contributed by atoms with Crippen LogP contribution < -0.4 is 5.32 Å². The van der Waals surface area contributed by atoms with Gasteiger partial charge in [-0.1, -0.05) is 0 Å². The first-order valence-corrected chi connectivity index (χ1v) is 8.65. The van der Waals surface area contributed by atoms with Crippen molar-refractivity contribution in [3.8, 4) is 6.07 Å². The number of carbonyl (C=O) groups is 1. The van der Waals surface area contributed by atoms with Crippen molar-refractivity contribution < 1.29 is 9.72 Å². The quantitative estimate of drug-likeness (QED) is 0.608. The summed E-state index contributed by atoms with van der Waals surface area (Å²) in [6.07, 6.45) is 7.55. The lowest BCUT2D eigenvalue weighted by atomic mass is 10.1. The summed E-state index contributed by atoms with van der Waals surface area (Å²) in [5.74, 6) is 0.286. The van der Waals surface area contributed by atoms with Crippen LogP contribution >= 0.6 is 0 Å². The van der Waals surface area contributed by atoms with E-state index >= 15 is 0 Å². The highest BCUT2D eigenvalue weighted by atomic mass is 16.6. The van der Waals surface area contributed by atoms with Crippen LogP contribution in [0.3, 0.4) is 0 Å². The summed E-state index contributed by atoms with van der Waals surface area (Å²) in [4.78, 5) is 27.9. The van der Waals surface area contributed by atoms with Gasteiger partial charge in [-0.2, -0.15) is 5.26 Å². The van der Waals surface area contributed by atoms with E-state index in [1.807, 2.05) is 0 Å². The van der Waals surface area contributed by atoms with E-state index < -0.39 is 4.92 Å². The predicted molar refractivity (Wildman–Crippen MR) is 88.4 cm³/mol. The first-order chi connectivity index (χ1) is 12.1. The Balaban J connectivity index is 1.43. The zero-order chi connectivity index (χ0) is 17.8. The normalized spacial score (nSPS) is 25.9. The van der Waals surface area contributed by atoms with Gasteiger partial charge in [0.2, 0.25) is 12.2 Å². The Bertz CT molecular complexity index is 682. The third-order valence-corrected chi connectivity index (χ3v) is 5.08. The van der Waals surface area contributed by atoms with Crippen LogP contribution in [-0.2, 0) is 11.3 Å². The minimum atomic E-state index is -0.492. The van der Waals surface area contributed by atoms with Crippen molar-refractivity contribution in [1.29, 1.82) is 5.26 Å². The Labute approximate surface area is 145 Å². The van der Waals surface area contributed by atoms with Crippen LogP contribution in [0.4, 0.5) is 5.82 Å². The van der Waals surface area contributed by atoms with Gasteiger partial charge in [-0.3, -0.25) is 4.79 Å². The molecule has 0 aromatic carbocycles. The molecule has 1 aliphatic carbocycles. The average molecular weight is 346 g/mol. The topological polar surface area (TPSA) is 117 Å². The van der Waals surface area contributed by atoms with E-state index in [4.69, 9.17) is 5.26 Å². The Kier molecular flexibility index (Phi) is 5.28. The molecule has 1 aromatic rings. The summed E-state index contributed by atoms with van der Waals surface area (Å²) in [5, 5.41) is 23.0. The smallest absolute Gasteiger partial charge is 0.358 e. The Morgan fingerprint density at radius 3 is 3.04 bits per heavy atom. The van der Waals surface area contributed by atoms with Crippen LogP contribution in [0, 0.1) is 27.4 Å². The highest BCUT2D eigenvalue weighted by molar-refractivity contribution is 5.79. The SMILES string of the molecule is N#C[C@@H]1CCCN1C(=O)CN[C@@H]1CC[C@@H](Cn2cnc([N+](=O)[O-])c2)C1. The van der Waals surface area contributed by atoms with Crippen LogP contribution in [0.5, 0.6) is 0 Å². The Morgan fingerprint density at radius 2 is 2.32 bits per heavy atom. The van der Waals surface area contributed by atoms with Gasteiger partial charge in [0, 0.05) is 19.1 Å². The van der Waals surface area contributed by atoms with E-state index in [1.165, 1.54) is 12.5 Å². The van der Waals surface area contributed by atoms with E-state index in [0.717, 1.165) is 32.1 Å². The van der Waals surface area contributed by atoms with Crippen LogP contribution in [0.15, 0.2) is 12.5 Å². The molecule has 1 saturated heterocycles. The number of rotatable bonds is 6. The van der Waals surface area contributed by atoms with Gasteiger partial charge in [-0.25, -0.2) is 0 Å². The molecule has 3 rings (SSSR count). The fourth-order valence-corrected chi connectivity index (χ4v) is 3.80. The summed E-state index contributed by atoms with van der Waals surface area (Å²) in [6, 6.07) is 2.19. The van der Waals surface area contributed by atoms with E-state index in [9.17, 15) is 14.9 Å².